The topological polar surface area (TPSA) is 130 Å². The molecule has 0 unspecified atom stereocenters. The Bertz CT molecular complexity index is 674. The molecule has 8 nitrogen and oxygen atoms in total. The van der Waals surface area contributed by atoms with Gasteiger partial charge in [0, 0.05) is 17.3 Å². The molecule has 6 N–H and O–H groups in total. The molecule has 1 aromatic heterocycles. The van der Waals surface area contributed by atoms with Gasteiger partial charge >= 0.3 is 0 Å². The van der Waals surface area contributed by atoms with Crippen molar-refractivity contribution in [2.45, 2.75) is 0 Å². The summed E-state index contributed by atoms with van der Waals surface area (Å²) < 4.78 is 7.14. The van der Waals surface area contributed by atoms with Gasteiger partial charge in [-0.2, -0.15) is 4.99 Å². The van der Waals surface area contributed by atoms with E-state index in [0.717, 1.165) is 5.69 Å². The molecule has 0 spiro atoms. The van der Waals surface area contributed by atoms with Crippen LogP contribution in [0.1, 0.15) is 0 Å². The number of rotatable bonds is 5. The van der Waals surface area contributed by atoms with Crippen molar-refractivity contribution in [1.29, 1.82) is 0 Å². The molecule has 2 aromatic rings. The van der Waals surface area contributed by atoms with Crippen LogP contribution in [0.15, 0.2) is 46.5 Å². The molecule has 22 heavy (non-hydrogen) atoms. The molecule has 0 saturated carbocycles. The maximum absolute atomic E-state index is 5.84. The van der Waals surface area contributed by atoms with E-state index < -0.39 is 0 Å². The SMILES string of the molecule is NC(N)=NC(N)=NCCOc1ccn(-c2ccc(Cl)cc2)n1. The van der Waals surface area contributed by atoms with Gasteiger partial charge < -0.3 is 21.9 Å². The summed E-state index contributed by atoms with van der Waals surface area (Å²) >= 11 is 5.84. The van der Waals surface area contributed by atoms with Gasteiger partial charge in [-0.05, 0) is 24.3 Å². The first-order chi connectivity index (χ1) is 10.5. The van der Waals surface area contributed by atoms with Gasteiger partial charge in [-0.1, -0.05) is 11.6 Å². The van der Waals surface area contributed by atoms with Crippen LogP contribution in [0.5, 0.6) is 5.88 Å². The monoisotopic (exact) mass is 321 g/mol. The Morgan fingerprint density at radius 1 is 1.18 bits per heavy atom. The second-order valence-electron chi connectivity index (χ2n) is 4.20. The zero-order valence-corrected chi connectivity index (χ0v) is 12.4. The highest BCUT2D eigenvalue weighted by atomic mass is 35.5. The van der Waals surface area contributed by atoms with E-state index in [9.17, 15) is 0 Å². The fourth-order valence-electron chi connectivity index (χ4n) is 1.60. The first-order valence-corrected chi connectivity index (χ1v) is 6.76. The van der Waals surface area contributed by atoms with Crippen molar-refractivity contribution in [3.05, 3.63) is 41.6 Å². The molecule has 0 atom stereocenters. The van der Waals surface area contributed by atoms with Gasteiger partial charge in [-0.25, -0.2) is 9.67 Å². The van der Waals surface area contributed by atoms with Crippen molar-refractivity contribution in [2.75, 3.05) is 13.2 Å². The summed E-state index contributed by atoms with van der Waals surface area (Å²) in [5, 5.41) is 4.95. The summed E-state index contributed by atoms with van der Waals surface area (Å²) in [6, 6.07) is 9.05. The van der Waals surface area contributed by atoms with E-state index >= 15 is 0 Å². The van der Waals surface area contributed by atoms with Crippen LogP contribution in [0.4, 0.5) is 0 Å². The van der Waals surface area contributed by atoms with Crippen molar-refractivity contribution in [3.8, 4) is 11.6 Å². The minimum absolute atomic E-state index is 0.00953. The Hall–Kier alpha value is -2.74. The summed E-state index contributed by atoms with van der Waals surface area (Å²) in [6.07, 6.45) is 1.79. The fourth-order valence-corrected chi connectivity index (χ4v) is 1.73. The Morgan fingerprint density at radius 2 is 1.91 bits per heavy atom. The molecule has 116 valence electrons. The van der Waals surface area contributed by atoms with E-state index in [-0.39, 0.29) is 11.9 Å². The van der Waals surface area contributed by atoms with Crippen molar-refractivity contribution >= 4 is 23.5 Å². The predicted molar refractivity (Wildman–Crippen MR) is 86.4 cm³/mol. The van der Waals surface area contributed by atoms with Crippen LogP contribution in [0, 0.1) is 0 Å². The van der Waals surface area contributed by atoms with Crippen LogP contribution < -0.4 is 21.9 Å². The first kappa shape index (κ1) is 15.6. The maximum Gasteiger partial charge on any atom is 0.233 e. The normalized spacial score (nSPS) is 11.2. The molecule has 0 fully saturated rings. The number of aliphatic imine (C=N–C) groups is 2. The number of ether oxygens (including phenoxy) is 1. The summed E-state index contributed by atoms with van der Waals surface area (Å²) in [5.41, 5.74) is 16.7. The van der Waals surface area contributed by atoms with E-state index in [1.165, 1.54) is 0 Å². The standard InChI is InChI=1S/C13H16ClN7O/c14-9-1-3-10(4-2-9)21-7-5-11(20-21)22-8-6-18-13(17)19-12(15)16/h1-5,7H,6,8H2,(H6,15,16,17,18,19). The van der Waals surface area contributed by atoms with Crippen molar-refractivity contribution in [1.82, 2.24) is 9.78 Å². The molecule has 1 heterocycles. The molecule has 9 heteroatoms. The molecule has 0 saturated heterocycles. The van der Waals surface area contributed by atoms with Crippen LogP contribution in [0.2, 0.25) is 5.02 Å². The lowest BCUT2D eigenvalue weighted by Crippen LogP contribution is -2.26. The van der Waals surface area contributed by atoms with Crippen LogP contribution in [0.3, 0.4) is 0 Å². The van der Waals surface area contributed by atoms with E-state index in [1.807, 2.05) is 12.1 Å². The lowest BCUT2D eigenvalue weighted by molar-refractivity contribution is 0.314. The Balaban J connectivity index is 1.88. The summed E-state index contributed by atoms with van der Waals surface area (Å²) in [5.74, 6) is 0.352. The lowest BCUT2D eigenvalue weighted by Gasteiger charge is -2.02. The quantitative estimate of drug-likeness (QED) is 0.419. The van der Waals surface area contributed by atoms with Gasteiger partial charge in [0.1, 0.15) is 6.61 Å². The summed E-state index contributed by atoms with van der Waals surface area (Å²) in [7, 11) is 0. The van der Waals surface area contributed by atoms with Crippen molar-refractivity contribution in [2.24, 2.45) is 27.2 Å². The van der Waals surface area contributed by atoms with E-state index in [2.05, 4.69) is 15.1 Å². The minimum atomic E-state index is -0.135. The maximum atomic E-state index is 5.84. The number of hydrogen-bond acceptors (Lipinski definition) is 3. The smallest absolute Gasteiger partial charge is 0.233 e. The minimum Gasteiger partial charge on any atom is -0.475 e. The highest BCUT2D eigenvalue weighted by molar-refractivity contribution is 6.30. The molecule has 0 bridgehead atoms. The second-order valence-corrected chi connectivity index (χ2v) is 4.64. The summed E-state index contributed by atoms with van der Waals surface area (Å²) in [4.78, 5) is 7.51. The van der Waals surface area contributed by atoms with E-state index in [1.54, 1.807) is 29.1 Å². The fraction of sp³-hybridized carbons (Fsp3) is 0.154. The van der Waals surface area contributed by atoms with Gasteiger partial charge in [-0.3, -0.25) is 0 Å². The molecule has 0 aliphatic heterocycles. The Labute approximate surface area is 132 Å². The van der Waals surface area contributed by atoms with Gasteiger partial charge in [0.05, 0.1) is 12.2 Å². The molecular weight excluding hydrogens is 306 g/mol. The van der Waals surface area contributed by atoms with Crippen molar-refractivity contribution < 1.29 is 4.74 Å². The summed E-state index contributed by atoms with van der Waals surface area (Å²) in [6.45, 7) is 0.620. The Kier molecular flexibility index (Phi) is 5.21. The third-order valence-corrected chi connectivity index (χ3v) is 2.77. The van der Waals surface area contributed by atoms with Gasteiger partial charge in [0.25, 0.3) is 0 Å². The molecule has 0 radical (unpaired) electrons. The first-order valence-electron chi connectivity index (χ1n) is 6.38. The second kappa shape index (κ2) is 7.32. The number of guanidine groups is 2. The number of halogens is 1. The van der Waals surface area contributed by atoms with Crippen LogP contribution in [0.25, 0.3) is 5.69 Å². The highest BCUT2D eigenvalue weighted by Crippen LogP contribution is 2.15. The third-order valence-electron chi connectivity index (χ3n) is 2.51. The number of nitrogens with zero attached hydrogens (tertiary/aromatic N) is 4. The van der Waals surface area contributed by atoms with Crippen molar-refractivity contribution in [3.63, 3.8) is 0 Å². The van der Waals surface area contributed by atoms with Crippen LogP contribution >= 0.6 is 11.6 Å². The molecule has 0 amide bonds. The number of hydrogen-bond donors (Lipinski definition) is 3. The van der Waals surface area contributed by atoms with E-state index in [0.29, 0.717) is 24.1 Å². The van der Waals surface area contributed by atoms with Gasteiger partial charge in [0.15, 0.2) is 5.96 Å². The number of nitrogens with two attached hydrogens (primary N) is 3. The average molecular weight is 322 g/mol. The van der Waals surface area contributed by atoms with E-state index in [4.69, 9.17) is 33.5 Å². The van der Waals surface area contributed by atoms with Gasteiger partial charge in [-0.15, -0.1) is 5.10 Å². The highest BCUT2D eigenvalue weighted by Gasteiger charge is 2.02. The lowest BCUT2D eigenvalue weighted by atomic mass is 10.3. The molecular formula is C13H16ClN7O. The average Bonchev–Trinajstić information content (AvgIpc) is 2.92. The molecule has 0 aliphatic rings. The molecule has 2 rings (SSSR count). The number of benzene rings is 1. The zero-order chi connectivity index (χ0) is 15.9. The largest absolute Gasteiger partial charge is 0.475 e. The predicted octanol–water partition coefficient (Wildman–Crippen LogP) is 0.493. The molecule has 1 aromatic carbocycles. The number of aromatic nitrogens is 2. The molecule has 0 aliphatic carbocycles. The van der Waals surface area contributed by atoms with Gasteiger partial charge in [0.2, 0.25) is 11.8 Å². The zero-order valence-electron chi connectivity index (χ0n) is 11.7. The van der Waals surface area contributed by atoms with Crippen LogP contribution in [-0.2, 0) is 0 Å². The Morgan fingerprint density at radius 3 is 2.59 bits per heavy atom. The third kappa shape index (κ3) is 4.67. The van der Waals surface area contributed by atoms with Crippen LogP contribution in [-0.4, -0.2) is 34.9 Å².